The molecule has 0 radical (unpaired) electrons. The lowest BCUT2D eigenvalue weighted by Crippen LogP contribution is -2.43. The molecule has 8 nitrogen and oxygen atoms in total. The monoisotopic (exact) mass is 407 g/mol. The Hall–Kier alpha value is -2.42. The third kappa shape index (κ3) is 6.18. The van der Waals surface area contributed by atoms with Gasteiger partial charge in [-0.2, -0.15) is 5.10 Å². The molecule has 0 spiro atoms. The minimum absolute atomic E-state index is 0.0307. The standard InChI is InChI=1S/C16H22BrN7O/c1-23(2)15(25)10-20-16(19-9-14-21-11-22-24(14)3)18-8-12-4-6-13(17)7-5-12/h4-7,11H,8-10H2,1-3H3,(H2,18,19,20). The first-order valence-corrected chi connectivity index (χ1v) is 8.54. The summed E-state index contributed by atoms with van der Waals surface area (Å²) < 4.78 is 2.71. The lowest BCUT2D eigenvalue weighted by molar-refractivity contribution is -0.127. The van der Waals surface area contributed by atoms with E-state index in [4.69, 9.17) is 0 Å². The van der Waals surface area contributed by atoms with Crippen molar-refractivity contribution in [1.82, 2.24) is 30.3 Å². The fraction of sp³-hybridized carbons (Fsp3) is 0.375. The van der Waals surface area contributed by atoms with Crippen molar-refractivity contribution in [3.05, 3.63) is 46.5 Å². The number of halogens is 1. The van der Waals surface area contributed by atoms with Crippen molar-refractivity contribution < 1.29 is 4.79 Å². The number of hydrogen-bond donors (Lipinski definition) is 2. The Morgan fingerprint density at radius 3 is 2.60 bits per heavy atom. The molecule has 0 bridgehead atoms. The van der Waals surface area contributed by atoms with Crippen LogP contribution in [0.25, 0.3) is 0 Å². The van der Waals surface area contributed by atoms with Gasteiger partial charge in [-0.25, -0.2) is 9.98 Å². The SMILES string of the molecule is CN(C)C(=O)CNC(=NCc1ccc(Br)cc1)NCc1ncnn1C. The van der Waals surface area contributed by atoms with Crippen LogP contribution in [-0.2, 0) is 24.9 Å². The lowest BCUT2D eigenvalue weighted by Gasteiger charge is -2.14. The highest BCUT2D eigenvalue weighted by Gasteiger charge is 2.07. The van der Waals surface area contributed by atoms with Gasteiger partial charge in [0.25, 0.3) is 0 Å². The Morgan fingerprint density at radius 1 is 1.28 bits per heavy atom. The molecule has 0 saturated heterocycles. The first-order valence-electron chi connectivity index (χ1n) is 7.75. The summed E-state index contributed by atoms with van der Waals surface area (Å²) in [6.07, 6.45) is 1.50. The van der Waals surface area contributed by atoms with Crippen molar-refractivity contribution in [3.63, 3.8) is 0 Å². The number of guanidine groups is 1. The first kappa shape index (κ1) is 18.9. The summed E-state index contributed by atoms with van der Waals surface area (Å²) in [5, 5.41) is 10.3. The number of nitrogens with one attached hydrogen (secondary N) is 2. The maximum atomic E-state index is 11.8. The molecule has 1 aromatic carbocycles. The molecule has 134 valence electrons. The Balaban J connectivity index is 2.01. The second-order valence-corrected chi connectivity index (χ2v) is 6.50. The number of rotatable bonds is 6. The quantitative estimate of drug-likeness (QED) is 0.548. The predicted octanol–water partition coefficient (Wildman–Crippen LogP) is 0.901. The van der Waals surface area contributed by atoms with Crippen molar-refractivity contribution in [2.24, 2.45) is 12.0 Å². The van der Waals surface area contributed by atoms with Gasteiger partial charge in [0.2, 0.25) is 5.91 Å². The molecule has 0 aliphatic rings. The highest BCUT2D eigenvalue weighted by atomic mass is 79.9. The van der Waals surface area contributed by atoms with Crippen molar-refractivity contribution in [1.29, 1.82) is 0 Å². The highest BCUT2D eigenvalue weighted by molar-refractivity contribution is 9.10. The van der Waals surface area contributed by atoms with Crippen molar-refractivity contribution >= 4 is 27.8 Å². The van der Waals surface area contributed by atoms with Crippen LogP contribution in [0.4, 0.5) is 0 Å². The molecule has 0 fully saturated rings. The third-order valence-corrected chi connectivity index (χ3v) is 3.99. The van der Waals surface area contributed by atoms with Gasteiger partial charge in [-0.3, -0.25) is 9.48 Å². The zero-order valence-corrected chi connectivity index (χ0v) is 16.1. The van der Waals surface area contributed by atoms with Gasteiger partial charge in [0.05, 0.1) is 19.6 Å². The highest BCUT2D eigenvalue weighted by Crippen LogP contribution is 2.11. The van der Waals surface area contributed by atoms with Crippen LogP contribution < -0.4 is 10.6 Å². The van der Waals surface area contributed by atoms with Gasteiger partial charge in [-0.05, 0) is 17.7 Å². The molecule has 9 heteroatoms. The van der Waals surface area contributed by atoms with Crippen molar-refractivity contribution in [2.75, 3.05) is 20.6 Å². The van der Waals surface area contributed by atoms with Gasteiger partial charge in [0.15, 0.2) is 5.96 Å². The van der Waals surface area contributed by atoms with Gasteiger partial charge < -0.3 is 15.5 Å². The van der Waals surface area contributed by atoms with Crippen LogP contribution >= 0.6 is 15.9 Å². The van der Waals surface area contributed by atoms with Crippen LogP contribution in [0.3, 0.4) is 0 Å². The molecule has 1 amide bonds. The number of hydrogen-bond acceptors (Lipinski definition) is 4. The summed E-state index contributed by atoms with van der Waals surface area (Å²) in [5.41, 5.74) is 1.07. The van der Waals surface area contributed by atoms with Crippen LogP contribution in [-0.4, -0.2) is 52.2 Å². The second-order valence-electron chi connectivity index (χ2n) is 5.59. The molecule has 0 unspecified atom stereocenters. The lowest BCUT2D eigenvalue weighted by atomic mass is 10.2. The molecule has 0 atom stereocenters. The number of aryl methyl sites for hydroxylation is 1. The fourth-order valence-corrected chi connectivity index (χ4v) is 2.16. The summed E-state index contributed by atoms with van der Waals surface area (Å²) in [6, 6.07) is 7.94. The van der Waals surface area contributed by atoms with Crippen LogP contribution in [0.1, 0.15) is 11.4 Å². The molecule has 2 aromatic rings. The van der Waals surface area contributed by atoms with E-state index in [9.17, 15) is 4.79 Å². The number of carbonyl (C=O) groups excluding carboxylic acids is 1. The number of carbonyl (C=O) groups is 1. The fourth-order valence-electron chi connectivity index (χ4n) is 1.89. The van der Waals surface area contributed by atoms with E-state index in [-0.39, 0.29) is 12.5 Å². The number of aromatic nitrogens is 3. The normalized spacial score (nSPS) is 11.3. The Bertz CT molecular complexity index is 724. The zero-order chi connectivity index (χ0) is 18.2. The molecule has 1 aromatic heterocycles. The number of aliphatic imine (C=N–C) groups is 1. The number of amides is 1. The first-order chi connectivity index (χ1) is 12.0. The van der Waals surface area contributed by atoms with Gasteiger partial charge in [0, 0.05) is 25.6 Å². The third-order valence-electron chi connectivity index (χ3n) is 3.46. The van der Waals surface area contributed by atoms with E-state index in [1.807, 2.05) is 31.3 Å². The number of nitrogens with zero attached hydrogens (tertiary/aromatic N) is 5. The van der Waals surface area contributed by atoms with E-state index in [1.54, 1.807) is 18.8 Å². The molecule has 1 heterocycles. The molecule has 0 aliphatic carbocycles. The van der Waals surface area contributed by atoms with Crippen LogP contribution in [0.15, 0.2) is 40.1 Å². The average molecular weight is 408 g/mol. The molecule has 0 saturated carbocycles. The summed E-state index contributed by atoms with van der Waals surface area (Å²) in [6.45, 7) is 1.12. The van der Waals surface area contributed by atoms with Crippen LogP contribution in [0.5, 0.6) is 0 Å². The molecular weight excluding hydrogens is 386 g/mol. The summed E-state index contributed by atoms with van der Waals surface area (Å²) >= 11 is 3.42. The number of likely N-dealkylation sites (N-methyl/N-ethyl adjacent to an activating group) is 1. The van der Waals surface area contributed by atoms with E-state index < -0.39 is 0 Å². The van der Waals surface area contributed by atoms with Gasteiger partial charge in [0.1, 0.15) is 12.2 Å². The molecule has 2 rings (SSSR count). The average Bonchev–Trinajstić information content (AvgIpc) is 3.00. The van der Waals surface area contributed by atoms with Gasteiger partial charge in [-0.15, -0.1) is 0 Å². The molecular formula is C16H22BrN7O. The Kier molecular flexibility index (Phi) is 6.93. The maximum absolute atomic E-state index is 11.8. The summed E-state index contributed by atoms with van der Waals surface area (Å²) in [5.74, 6) is 1.29. The van der Waals surface area contributed by atoms with Gasteiger partial charge >= 0.3 is 0 Å². The summed E-state index contributed by atoms with van der Waals surface area (Å²) in [7, 11) is 5.26. The zero-order valence-electron chi connectivity index (χ0n) is 14.5. The Morgan fingerprint density at radius 2 is 2.00 bits per heavy atom. The maximum Gasteiger partial charge on any atom is 0.241 e. The molecule has 2 N–H and O–H groups in total. The topological polar surface area (TPSA) is 87.4 Å². The van der Waals surface area contributed by atoms with Gasteiger partial charge in [-0.1, -0.05) is 28.1 Å². The van der Waals surface area contributed by atoms with Crippen molar-refractivity contribution in [2.45, 2.75) is 13.1 Å². The van der Waals surface area contributed by atoms with E-state index in [1.165, 1.54) is 11.2 Å². The second kappa shape index (κ2) is 9.16. The minimum Gasteiger partial charge on any atom is -0.349 e. The van der Waals surface area contributed by atoms with Crippen LogP contribution in [0, 0.1) is 0 Å². The van der Waals surface area contributed by atoms with E-state index in [2.05, 4.69) is 41.6 Å². The summed E-state index contributed by atoms with van der Waals surface area (Å²) in [4.78, 5) is 22.0. The molecule has 0 aliphatic heterocycles. The Labute approximate surface area is 155 Å². The minimum atomic E-state index is -0.0307. The largest absolute Gasteiger partial charge is 0.349 e. The van der Waals surface area contributed by atoms with E-state index >= 15 is 0 Å². The van der Waals surface area contributed by atoms with Crippen LogP contribution in [0.2, 0.25) is 0 Å². The van der Waals surface area contributed by atoms with E-state index in [0.717, 1.165) is 15.9 Å². The predicted molar refractivity (Wildman–Crippen MR) is 99.8 cm³/mol. The van der Waals surface area contributed by atoms with Crippen molar-refractivity contribution in [3.8, 4) is 0 Å². The van der Waals surface area contributed by atoms with E-state index in [0.29, 0.717) is 19.0 Å². The number of benzene rings is 1. The smallest absolute Gasteiger partial charge is 0.241 e. The molecule has 25 heavy (non-hydrogen) atoms.